The van der Waals surface area contributed by atoms with E-state index >= 15 is 0 Å². The molecule has 2 heterocycles. The van der Waals surface area contributed by atoms with Crippen molar-refractivity contribution in [3.63, 3.8) is 0 Å². The fraction of sp³-hybridized carbons (Fsp3) is 0.304. The zero-order valence-electron chi connectivity index (χ0n) is 17.5. The van der Waals surface area contributed by atoms with Gasteiger partial charge in [0.1, 0.15) is 11.6 Å². The van der Waals surface area contributed by atoms with Crippen LogP contribution in [0.4, 0.5) is 24.5 Å². The van der Waals surface area contributed by atoms with Gasteiger partial charge in [0.05, 0.1) is 29.3 Å². The number of nitrogens with one attached hydrogen (secondary N) is 1. The van der Waals surface area contributed by atoms with Crippen molar-refractivity contribution in [3.05, 3.63) is 59.5 Å². The van der Waals surface area contributed by atoms with E-state index in [9.17, 15) is 23.1 Å². The maximum atomic E-state index is 14.4. The summed E-state index contributed by atoms with van der Waals surface area (Å²) < 4.78 is 45.9. The minimum absolute atomic E-state index is 0.00761. The van der Waals surface area contributed by atoms with Crippen molar-refractivity contribution < 1.29 is 27.8 Å². The number of carboxylic acid groups (broad SMARTS) is 1. The van der Waals surface area contributed by atoms with Crippen LogP contribution >= 0.6 is 0 Å². The van der Waals surface area contributed by atoms with E-state index in [4.69, 9.17) is 4.74 Å². The number of carbonyl (C=O) groups is 1. The molecular formula is C23H22F3N3O3. The highest BCUT2D eigenvalue weighted by atomic mass is 19.3. The van der Waals surface area contributed by atoms with E-state index in [1.54, 1.807) is 25.3 Å². The van der Waals surface area contributed by atoms with Gasteiger partial charge in [-0.05, 0) is 19.1 Å². The lowest BCUT2D eigenvalue weighted by Gasteiger charge is -2.46. The average molecular weight is 445 g/mol. The number of alkyl halides is 2. The molecule has 0 aliphatic carbocycles. The highest BCUT2D eigenvalue weighted by Crippen LogP contribution is 2.42. The lowest BCUT2D eigenvalue weighted by Crippen LogP contribution is -2.59. The van der Waals surface area contributed by atoms with Crippen LogP contribution in [0, 0.1) is 11.2 Å². The SMILES string of the molecule is COc1cc2nccc(NCc3cccc(C(F)F)c3F)c2cc1N1CC(C)(C(=O)O)C1. The van der Waals surface area contributed by atoms with Crippen molar-refractivity contribution in [1.82, 2.24) is 4.98 Å². The Labute approximate surface area is 182 Å². The number of fused-ring (bicyclic) bond motifs is 1. The van der Waals surface area contributed by atoms with Crippen molar-refractivity contribution in [2.24, 2.45) is 5.41 Å². The molecule has 2 aromatic carbocycles. The summed E-state index contributed by atoms with van der Waals surface area (Å²) in [4.78, 5) is 17.7. The highest BCUT2D eigenvalue weighted by Gasteiger charge is 2.46. The van der Waals surface area contributed by atoms with Crippen molar-refractivity contribution in [3.8, 4) is 5.75 Å². The Morgan fingerprint density at radius 1 is 1.31 bits per heavy atom. The Hall–Kier alpha value is -3.49. The zero-order valence-corrected chi connectivity index (χ0v) is 17.5. The second kappa shape index (κ2) is 8.22. The van der Waals surface area contributed by atoms with Gasteiger partial charge in [-0.3, -0.25) is 9.78 Å². The number of nitrogens with zero attached hydrogens (tertiary/aromatic N) is 2. The number of hydrogen-bond acceptors (Lipinski definition) is 5. The summed E-state index contributed by atoms with van der Waals surface area (Å²) in [7, 11) is 1.53. The molecule has 0 unspecified atom stereocenters. The molecule has 2 N–H and O–H groups in total. The Bertz CT molecular complexity index is 1180. The van der Waals surface area contributed by atoms with Gasteiger partial charge >= 0.3 is 5.97 Å². The minimum atomic E-state index is -2.89. The van der Waals surface area contributed by atoms with Gasteiger partial charge in [-0.15, -0.1) is 0 Å². The predicted molar refractivity (Wildman–Crippen MR) is 115 cm³/mol. The van der Waals surface area contributed by atoms with Crippen LogP contribution in [0.2, 0.25) is 0 Å². The Kier molecular flexibility index (Phi) is 5.58. The maximum absolute atomic E-state index is 14.4. The number of pyridine rings is 1. The van der Waals surface area contributed by atoms with Gasteiger partial charge in [0.2, 0.25) is 0 Å². The number of carboxylic acids is 1. The van der Waals surface area contributed by atoms with Crippen LogP contribution in [-0.4, -0.2) is 36.3 Å². The van der Waals surface area contributed by atoms with Crippen LogP contribution in [0.1, 0.15) is 24.5 Å². The number of methoxy groups -OCH3 is 1. The predicted octanol–water partition coefficient (Wildman–Crippen LogP) is 4.84. The van der Waals surface area contributed by atoms with E-state index in [2.05, 4.69) is 10.3 Å². The van der Waals surface area contributed by atoms with Gasteiger partial charge in [-0.1, -0.05) is 18.2 Å². The first-order valence-corrected chi connectivity index (χ1v) is 9.98. The molecule has 1 aromatic heterocycles. The average Bonchev–Trinajstić information content (AvgIpc) is 2.74. The van der Waals surface area contributed by atoms with Crippen LogP contribution in [0.25, 0.3) is 10.9 Å². The van der Waals surface area contributed by atoms with Crippen LogP contribution in [0.5, 0.6) is 5.75 Å². The number of aromatic nitrogens is 1. The quantitative estimate of drug-likeness (QED) is 0.542. The van der Waals surface area contributed by atoms with Crippen molar-refractivity contribution >= 4 is 28.2 Å². The van der Waals surface area contributed by atoms with Crippen molar-refractivity contribution in [1.29, 1.82) is 0 Å². The second-order valence-corrected chi connectivity index (χ2v) is 8.10. The largest absolute Gasteiger partial charge is 0.495 e. The first-order valence-electron chi connectivity index (χ1n) is 9.98. The molecule has 32 heavy (non-hydrogen) atoms. The summed E-state index contributed by atoms with van der Waals surface area (Å²) in [5.74, 6) is -1.22. The van der Waals surface area contributed by atoms with Crippen LogP contribution in [0.15, 0.2) is 42.6 Å². The van der Waals surface area contributed by atoms with E-state index in [1.807, 2.05) is 11.0 Å². The Balaban J connectivity index is 1.65. The number of rotatable bonds is 7. The fourth-order valence-corrected chi connectivity index (χ4v) is 3.92. The third-order valence-electron chi connectivity index (χ3n) is 5.79. The van der Waals surface area contributed by atoms with Gasteiger partial charge in [0.25, 0.3) is 6.43 Å². The molecule has 0 amide bonds. The van der Waals surface area contributed by atoms with E-state index < -0.39 is 29.2 Å². The molecule has 3 aromatic rings. The first-order chi connectivity index (χ1) is 15.2. The molecule has 0 radical (unpaired) electrons. The minimum Gasteiger partial charge on any atom is -0.495 e. The number of hydrogen-bond donors (Lipinski definition) is 2. The second-order valence-electron chi connectivity index (χ2n) is 8.10. The van der Waals surface area contributed by atoms with E-state index in [0.717, 1.165) is 17.1 Å². The van der Waals surface area contributed by atoms with Crippen LogP contribution in [0.3, 0.4) is 0 Å². The molecule has 1 saturated heterocycles. The van der Waals surface area contributed by atoms with Crippen LogP contribution < -0.4 is 15.0 Å². The zero-order chi connectivity index (χ0) is 23.0. The number of ether oxygens (including phenoxy) is 1. The number of halogens is 3. The standard InChI is InChI=1S/C23H22F3N3O3/c1-23(22(30)31)11-29(12-23)18-8-15-16(6-7-27-17(15)9-19(18)32-2)28-10-13-4-3-5-14(20(13)24)21(25)26/h3-9,21H,10-12H2,1-2H3,(H,27,28)(H,30,31). The smallest absolute Gasteiger partial charge is 0.312 e. The monoisotopic (exact) mass is 445 g/mol. The number of benzene rings is 2. The van der Waals surface area contributed by atoms with Crippen molar-refractivity contribution in [2.45, 2.75) is 19.9 Å². The summed E-state index contributed by atoms with van der Waals surface area (Å²) in [5.41, 5.74) is 0.655. The molecule has 168 valence electrons. The van der Waals surface area contributed by atoms with Gasteiger partial charge in [0, 0.05) is 48.5 Å². The lowest BCUT2D eigenvalue weighted by atomic mass is 9.81. The van der Waals surface area contributed by atoms with Gasteiger partial charge < -0.3 is 20.1 Å². The summed E-state index contributed by atoms with van der Waals surface area (Å²) in [6.07, 6.45) is -1.30. The summed E-state index contributed by atoms with van der Waals surface area (Å²) >= 11 is 0. The highest BCUT2D eigenvalue weighted by molar-refractivity contribution is 5.96. The summed E-state index contributed by atoms with van der Waals surface area (Å²) in [6.45, 7) is 2.36. The van der Waals surface area contributed by atoms with Gasteiger partial charge in [-0.2, -0.15) is 0 Å². The molecular weight excluding hydrogens is 423 g/mol. The third kappa shape index (κ3) is 3.79. The first kappa shape index (κ1) is 21.7. The number of anilines is 2. The molecule has 0 saturated carbocycles. The lowest BCUT2D eigenvalue weighted by molar-refractivity contribution is -0.149. The molecule has 0 bridgehead atoms. The molecule has 1 aliphatic heterocycles. The molecule has 4 rings (SSSR count). The van der Waals surface area contributed by atoms with E-state index in [-0.39, 0.29) is 12.1 Å². The molecule has 1 aliphatic rings. The van der Waals surface area contributed by atoms with E-state index in [1.165, 1.54) is 19.2 Å². The van der Waals surface area contributed by atoms with Gasteiger partial charge in [0.15, 0.2) is 0 Å². The summed E-state index contributed by atoms with van der Waals surface area (Å²) in [6, 6.07) is 9.24. The summed E-state index contributed by atoms with van der Waals surface area (Å²) in [5, 5.41) is 13.2. The van der Waals surface area contributed by atoms with Crippen LogP contribution in [-0.2, 0) is 11.3 Å². The third-order valence-corrected chi connectivity index (χ3v) is 5.79. The Morgan fingerprint density at radius 2 is 2.06 bits per heavy atom. The molecule has 6 nitrogen and oxygen atoms in total. The molecule has 0 atom stereocenters. The molecule has 9 heteroatoms. The van der Waals surface area contributed by atoms with Crippen molar-refractivity contribution in [2.75, 3.05) is 30.4 Å². The Morgan fingerprint density at radius 3 is 2.72 bits per heavy atom. The van der Waals surface area contributed by atoms with Gasteiger partial charge in [-0.25, -0.2) is 13.2 Å². The molecule has 0 spiro atoms. The topological polar surface area (TPSA) is 74.7 Å². The number of aliphatic carboxylic acids is 1. The normalized spacial score (nSPS) is 15.0. The fourth-order valence-electron chi connectivity index (χ4n) is 3.92. The van der Waals surface area contributed by atoms with E-state index in [0.29, 0.717) is 30.0 Å². The molecule has 1 fully saturated rings. The maximum Gasteiger partial charge on any atom is 0.312 e.